The average molecular weight is 219 g/mol. The summed E-state index contributed by atoms with van der Waals surface area (Å²) in [5.74, 6) is -0.158. The van der Waals surface area contributed by atoms with Crippen LogP contribution in [0.15, 0.2) is 18.2 Å². The molecule has 0 unspecified atom stereocenters. The molecule has 0 bridgehead atoms. The molecular weight excluding hydrogens is 206 g/mol. The minimum absolute atomic E-state index is 0.177. The molecule has 0 aliphatic rings. The first kappa shape index (κ1) is 10.5. The molecule has 0 atom stereocenters. The fourth-order valence-electron chi connectivity index (χ4n) is 1.63. The van der Waals surface area contributed by atoms with Crippen LogP contribution in [-0.2, 0) is 4.74 Å². The molecule has 5 nitrogen and oxygen atoms in total. The zero-order valence-corrected chi connectivity index (χ0v) is 9.23. The van der Waals surface area contributed by atoms with E-state index in [9.17, 15) is 4.79 Å². The molecule has 2 aromatic rings. The second kappa shape index (κ2) is 3.84. The van der Waals surface area contributed by atoms with Crippen LogP contribution < -0.4 is 5.73 Å². The number of nitrogens with two attached hydrogens (primary N) is 1. The summed E-state index contributed by atoms with van der Waals surface area (Å²) >= 11 is 0. The first-order valence-electron chi connectivity index (χ1n) is 5.05. The third-order valence-corrected chi connectivity index (χ3v) is 2.34. The molecule has 0 aliphatic heterocycles. The molecule has 0 amide bonds. The van der Waals surface area contributed by atoms with Crippen molar-refractivity contribution in [3.8, 4) is 0 Å². The second-order valence-electron chi connectivity index (χ2n) is 3.43. The van der Waals surface area contributed by atoms with Crippen LogP contribution in [0.25, 0.3) is 5.65 Å². The zero-order chi connectivity index (χ0) is 11.7. The number of hydrogen-bond donors (Lipinski definition) is 1. The molecule has 5 heteroatoms. The maximum atomic E-state index is 11.6. The topological polar surface area (TPSA) is 69.6 Å². The molecule has 0 saturated heterocycles. The third-order valence-electron chi connectivity index (χ3n) is 2.34. The van der Waals surface area contributed by atoms with Crippen LogP contribution in [-0.4, -0.2) is 22.0 Å². The minimum Gasteiger partial charge on any atom is -0.461 e. The Bertz CT molecular complexity index is 545. The van der Waals surface area contributed by atoms with Crippen molar-refractivity contribution in [3.05, 3.63) is 29.6 Å². The number of pyridine rings is 1. The van der Waals surface area contributed by atoms with Gasteiger partial charge in [0.25, 0.3) is 0 Å². The Labute approximate surface area is 92.8 Å². The molecule has 2 rings (SSSR count). The summed E-state index contributed by atoms with van der Waals surface area (Å²) < 4.78 is 6.61. The molecule has 2 N–H and O–H groups in total. The van der Waals surface area contributed by atoms with Gasteiger partial charge < -0.3 is 10.5 Å². The number of esters is 1. The standard InChI is InChI=1S/C11H13N3O2/c1-3-16-11(15)9-10(12)14-7(2)5-4-6-8(14)13-9/h4-6H,3,12H2,1-2H3. The van der Waals surface area contributed by atoms with Gasteiger partial charge >= 0.3 is 5.97 Å². The Kier molecular flexibility index (Phi) is 2.52. The lowest BCUT2D eigenvalue weighted by atomic mass is 10.3. The lowest BCUT2D eigenvalue weighted by Gasteiger charge is -2.01. The first-order valence-corrected chi connectivity index (χ1v) is 5.05. The number of carbonyl (C=O) groups excluding carboxylic acids is 1. The Balaban J connectivity index is 2.61. The molecule has 0 spiro atoms. The number of nitrogen functional groups attached to an aromatic ring is 1. The molecule has 0 saturated carbocycles. The van der Waals surface area contributed by atoms with Gasteiger partial charge in [-0.2, -0.15) is 0 Å². The van der Waals surface area contributed by atoms with E-state index in [0.29, 0.717) is 18.1 Å². The molecule has 0 fully saturated rings. The number of hydrogen-bond acceptors (Lipinski definition) is 4. The lowest BCUT2D eigenvalue weighted by Crippen LogP contribution is -2.08. The smallest absolute Gasteiger partial charge is 0.360 e. The highest BCUT2D eigenvalue weighted by Gasteiger charge is 2.18. The summed E-state index contributed by atoms with van der Waals surface area (Å²) in [6, 6.07) is 5.57. The van der Waals surface area contributed by atoms with Gasteiger partial charge in [-0.25, -0.2) is 9.78 Å². The summed E-state index contributed by atoms with van der Waals surface area (Å²) in [5.41, 5.74) is 7.63. The SMILES string of the molecule is CCOC(=O)c1nc2cccc(C)n2c1N. The second-order valence-corrected chi connectivity index (χ2v) is 3.43. The number of rotatable bonds is 2. The number of aromatic nitrogens is 2. The van der Waals surface area contributed by atoms with Crippen LogP contribution in [0, 0.1) is 6.92 Å². The summed E-state index contributed by atoms with van der Waals surface area (Å²) in [7, 11) is 0. The van der Waals surface area contributed by atoms with E-state index in [1.54, 1.807) is 17.4 Å². The largest absolute Gasteiger partial charge is 0.461 e. The van der Waals surface area contributed by atoms with Crippen molar-refractivity contribution < 1.29 is 9.53 Å². The van der Waals surface area contributed by atoms with Gasteiger partial charge in [0.2, 0.25) is 0 Å². The number of aryl methyl sites for hydroxylation is 1. The summed E-state index contributed by atoms with van der Waals surface area (Å²) in [6.45, 7) is 3.96. The molecule has 0 aliphatic carbocycles. The van der Waals surface area contributed by atoms with E-state index in [0.717, 1.165) is 5.69 Å². The highest BCUT2D eigenvalue weighted by atomic mass is 16.5. The molecule has 2 heterocycles. The summed E-state index contributed by atoms with van der Waals surface area (Å²) in [6.07, 6.45) is 0. The van der Waals surface area contributed by atoms with E-state index in [-0.39, 0.29) is 5.69 Å². The predicted molar refractivity (Wildman–Crippen MR) is 60.3 cm³/mol. The highest BCUT2D eigenvalue weighted by Crippen LogP contribution is 2.17. The van der Waals surface area contributed by atoms with Crippen molar-refractivity contribution in [2.24, 2.45) is 0 Å². The molecule has 0 aromatic carbocycles. The number of nitrogens with zero attached hydrogens (tertiary/aromatic N) is 2. The third kappa shape index (κ3) is 1.50. The molecule has 84 valence electrons. The van der Waals surface area contributed by atoms with Crippen molar-refractivity contribution in [2.45, 2.75) is 13.8 Å². The van der Waals surface area contributed by atoms with E-state index in [2.05, 4.69) is 4.98 Å². The first-order chi connectivity index (χ1) is 7.65. The fraction of sp³-hybridized carbons (Fsp3) is 0.273. The Morgan fingerprint density at radius 3 is 2.94 bits per heavy atom. The maximum Gasteiger partial charge on any atom is 0.360 e. The monoisotopic (exact) mass is 219 g/mol. The molecule has 16 heavy (non-hydrogen) atoms. The van der Waals surface area contributed by atoms with Gasteiger partial charge in [-0.1, -0.05) is 6.07 Å². The number of ether oxygens (including phenoxy) is 1. The van der Waals surface area contributed by atoms with Crippen LogP contribution in [0.1, 0.15) is 23.1 Å². The van der Waals surface area contributed by atoms with E-state index < -0.39 is 5.97 Å². The van der Waals surface area contributed by atoms with Gasteiger partial charge in [-0.3, -0.25) is 4.40 Å². The molecule has 0 radical (unpaired) electrons. The number of fused-ring (bicyclic) bond motifs is 1. The van der Waals surface area contributed by atoms with Crippen LogP contribution in [0.3, 0.4) is 0 Å². The van der Waals surface area contributed by atoms with Crippen LogP contribution in [0.2, 0.25) is 0 Å². The predicted octanol–water partition coefficient (Wildman–Crippen LogP) is 1.40. The van der Waals surface area contributed by atoms with E-state index in [4.69, 9.17) is 10.5 Å². The summed E-state index contributed by atoms with van der Waals surface area (Å²) in [4.78, 5) is 15.7. The molecule has 2 aromatic heterocycles. The summed E-state index contributed by atoms with van der Waals surface area (Å²) in [5, 5.41) is 0. The Morgan fingerprint density at radius 2 is 2.31 bits per heavy atom. The van der Waals surface area contributed by atoms with E-state index >= 15 is 0 Å². The number of carbonyl (C=O) groups is 1. The average Bonchev–Trinajstić information content (AvgIpc) is 2.58. The van der Waals surface area contributed by atoms with Crippen molar-refractivity contribution in [1.82, 2.24) is 9.38 Å². The van der Waals surface area contributed by atoms with Crippen LogP contribution >= 0.6 is 0 Å². The van der Waals surface area contributed by atoms with Gasteiger partial charge in [0.15, 0.2) is 5.69 Å². The Hall–Kier alpha value is -2.04. The van der Waals surface area contributed by atoms with Crippen LogP contribution in [0.5, 0.6) is 0 Å². The van der Waals surface area contributed by atoms with Crippen molar-refractivity contribution in [2.75, 3.05) is 12.3 Å². The minimum atomic E-state index is -0.483. The highest BCUT2D eigenvalue weighted by molar-refractivity contribution is 5.93. The van der Waals surface area contributed by atoms with Crippen molar-refractivity contribution in [1.29, 1.82) is 0 Å². The van der Waals surface area contributed by atoms with Gasteiger partial charge in [-0.05, 0) is 26.0 Å². The van der Waals surface area contributed by atoms with Crippen molar-refractivity contribution >= 4 is 17.4 Å². The zero-order valence-electron chi connectivity index (χ0n) is 9.23. The van der Waals surface area contributed by atoms with E-state index in [1.807, 2.05) is 19.1 Å². The molecular formula is C11H13N3O2. The fourth-order valence-corrected chi connectivity index (χ4v) is 1.63. The Morgan fingerprint density at radius 1 is 1.56 bits per heavy atom. The normalized spacial score (nSPS) is 10.6. The number of imidazole rings is 1. The maximum absolute atomic E-state index is 11.6. The lowest BCUT2D eigenvalue weighted by molar-refractivity contribution is 0.0521. The van der Waals surface area contributed by atoms with Crippen LogP contribution in [0.4, 0.5) is 5.82 Å². The van der Waals surface area contributed by atoms with Gasteiger partial charge in [0, 0.05) is 5.69 Å². The quantitative estimate of drug-likeness (QED) is 0.775. The van der Waals surface area contributed by atoms with Crippen molar-refractivity contribution in [3.63, 3.8) is 0 Å². The van der Waals surface area contributed by atoms with Gasteiger partial charge in [0.1, 0.15) is 11.5 Å². The van der Waals surface area contributed by atoms with Gasteiger partial charge in [0.05, 0.1) is 6.61 Å². The van der Waals surface area contributed by atoms with E-state index in [1.165, 1.54) is 0 Å². The van der Waals surface area contributed by atoms with Gasteiger partial charge in [-0.15, -0.1) is 0 Å². The number of anilines is 1.